The third kappa shape index (κ3) is 2.66. The molecule has 24 heavy (non-hydrogen) atoms. The van der Waals surface area contributed by atoms with Crippen LogP contribution in [0, 0.1) is 11.3 Å². The van der Waals surface area contributed by atoms with E-state index in [9.17, 15) is 14.7 Å². The molecule has 0 saturated carbocycles. The van der Waals surface area contributed by atoms with Crippen molar-refractivity contribution >= 4 is 11.9 Å². The number of carboxylic acids is 1. The van der Waals surface area contributed by atoms with Crippen molar-refractivity contribution in [2.24, 2.45) is 11.3 Å². The summed E-state index contributed by atoms with van der Waals surface area (Å²) in [6.45, 7) is 4.49. The van der Waals surface area contributed by atoms with Crippen LogP contribution >= 0.6 is 0 Å². The predicted molar refractivity (Wildman–Crippen MR) is 86.8 cm³/mol. The minimum absolute atomic E-state index is 0.0331. The van der Waals surface area contributed by atoms with Crippen LogP contribution in [0.4, 0.5) is 0 Å². The van der Waals surface area contributed by atoms with E-state index in [1.54, 1.807) is 40.2 Å². The monoisotopic (exact) mass is 328 g/mol. The van der Waals surface area contributed by atoms with E-state index in [0.29, 0.717) is 18.5 Å². The lowest BCUT2D eigenvalue weighted by Crippen LogP contribution is -2.40. The van der Waals surface area contributed by atoms with Crippen molar-refractivity contribution in [3.05, 3.63) is 42.2 Å². The molecule has 1 atom stereocenters. The Kier molecular flexibility index (Phi) is 4.09. The Balaban J connectivity index is 1.83. The first kappa shape index (κ1) is 16.2. The molecule has 3 rings (SSSR count). The first-order valence-electron chi connectivity index (χ1n) is 7.93. The van der Waals surface area contributed by atoms with Crippen LogP contribution in [-0.4, -0.2) is 50.0 Å². The minimum atomic E-state index is -0.862. The summed E-state index contributed by atoms with van der Waals surface area (Å²) in [5, 5.41) is 17.3. The molecule has 0 radical (unpaired) electrons. The van der Waals surface area contributed by atoms with Gasteiger partial charge in [0.05, 0.1) is 23.5 Å². The molecule has 1 fully saturated rings. The fourth-order valence-corrected chi connectivity index (χ4v) is 3.21. The Bertz CT molecular complexity index is 757. The topological polar surface area (TPSA) is 88.3 Å². The standard InChI is InChI=1S/C17H20N4O3/c1-12(2)17(16(23)24)6-8-20(11-17)15(22)13-4-3-5-14(10-13)21-9-7-18-19-21/h3-5,7,9-10,12H,6,8,11H2,1-2H3,(H,23,24). The van der Waals surface area contributed by atoms with E-state index in [-0.39, 0.29) is 18.4 Å². The Morgan fingerprint density at radius 1 is 1.33 bits per heavy atom. The number of carbonyl (C=O) groups excluding carboxylic acids is 1. The van der Waals surface area contributed by atoms with Gasteiger partial charge in [-0.3, -0.25) is 9.59 Å². The summed E-state index contributed by atoms with van der Waals surface area (Å²) in [6.07, 6.45) is 3.75. The summed E-state index contributed by atoms with van der Waals surface area (Å²) in [4.78, 5) is 26.1. The number of aromatic nitrogens is 3. The molecular weight excluding hydrogens is 308 g/mol. The summed E-state index contributed by atoms with van der Waals surface area (Å²) in [7, 11) is 0. The maximum atomic E-state index is 12.8. The van der Waals surface area contributed by atoms with Gasteiger partial charge < -0.3 is 10.0 Å². The molecule has 7 heteroatoms. The zero-order chi connectivity index (χ0) is 17.3. The average molecular weight is 328 g/mol. The second kappa shape index (κ2) is 6.07. The van der Waals surface area contributed by atoms with Gasteiger partial charge in [0.25, 0.3) is 5.91 Å². The molecule has 1 amide bonds. The van der Waals surface area contributed by atoms with Gasteiger partial charge in [-0.25, -0.2) is 4.68 Å². The third-order valence-corrected chi connectivity index (χ3v) is 4.90. The molecule has 1 unspecified atom stereocenters. The number of hydrogen-bond acceptors (Lipinski definition) is 4. The Labute approximate surface area is 139 Å². The van der Waals surface area contributed by atoms with E-state index in [1.165, 1.54) is 0 Å². The molecule has 1 saturated heterocycles. The first-order valence-corrected chi connectivity index (χ1v) is 7.93. The zero-order valence-electron chi connectivity index (χ0n) is 13.7. The smallest absolute Gasteiger partial charge is 0.311 e. The number of aliphatic carboxylic acids is 1. The van der Waals surface area contributed by atoms with Crippen molar-refractivity contribution in [2.75, 3.05) is 13.1 Å². The molecule has 7 nitrogen and oxygen atoms in total. The summed E-state index contributed by atoms with van der Waals surface area (Å²) in [5.41, 5.74) is 0.401. The molecule has 2 aromatic rings. The molecule has 126 valence electrons. The van der Waals surface area contributed by atoms with Crippen molar-refractivity contribution in [3.8, 4) is 5.69 Å². The van der Waals surface area contributed by atoms with Gasteiger partial charge in [0.2, 0.25) is 0 Å². The van der Waals surface area contributed by atoms with Crippen LogP contribution in [0.25, 0.3) is 5.69 Å². The summed E-state index contributed by atoms with van der Waals surface area (Å²) in [5.74, 6) is -1.01. The lowest BCUT2D eigenvalue weighted by atomic mass is 9.76. The molecule has 0 spiro atoms. The molecule has 2 heterocycles. The second-order valence-electron chi connectivity index (χ2n) is 6.49. The van der Waals surface area contributed by atoms with Crippen molar-refractivity contribution in [1.82, 2.24) is 19.9 Å². The molecule has 1 N–H and O–H groups in total. The molecular formula is C17H20N4O3. The average Bonchev–Trinajstić information content (AvgIpc) is 3.24. The van der Waals surface area contributed by atoms with Crippen molar-refractivity contribution in [3.63, 3.8) is 0 Å². The van der Waals surface area contributed by atoms with Crippen LogP contribution in [0.1, 0.15) is 30.6 Å². The van der Waals surface area contributed by atoms with Gasteiger partial charge >= 0.3 is 5.97 Å². The molecule has 0 aliphatic carbocycles. The number of nitrogens with zero attached hydrogens (tertiary/aromatic N) is 4. The Morgan fingerprint density at radius 2 is 2.12 bits per heavy atom. The molecule has 1 aromatic heterocycles. The number of amides is 1. The highest BCUT2D eigenvalue weighted by Gasteiger charge is 2.48. The number of hydrogen-bond donors (Lipinski definition) is 1. The van der Waals surface area contributed by atoms with E-state index < -0.39 is 11.4 Å². The molecule has 0 bridgehead atoms. The predicted octanol–water partition coefficient (Wildman–Crippen LogP) is 1.84. The maximum Gasteiger partial charge on any atom is 0.311 e. The number of carboxylic acid groups (broad SMARTS) is 1. The number of carbonyl (C=O) groups is 2. The van der Waals surface area contributed by atoms with Crippen LogP contribution in [0.5, 0.6) is 0 Å². The van der Waals surface area contributed by atoms with E-state index in [4.69, 9.17) is 0 Å². The summed E-state index contributed by atoms with van der Waals surface area (Å²) >= 11 is 0. The van der Waals surface area contributed by atoms with Crippen molar-refractivity contribution in [2.45, 2.75) is 20.3 Å². The lowest BCUT2D eigenvalue weighted by molar-refractivity contribution is -0.150. The highest BCUT2D eigenvalue weighted by atomic mass is 16.4. The fraction of sp³-hybridized carbons (Fsp3) is 0.412. The fourth-order valence-electron chi connectivity index (χ4n) is 3.21. The van der Waals surface area contributed by atoms with E-state index in [0.717, 1.165) is 5.69 Å². The zero-order valence-corrected chi connectivity index (χ0v) is 13.7. The van der Waals surface area contributed by atoms with Gasteiger partial charge in [0, 0.05) is 18.7 Å². The maximum absolute atomic E-state index is 12.8. The van der Waals surface area contributed by atoms with Gasteiger partial charge in [-0.1, -0.05) is 25.1 Å². The third-order valence-electron chi connectivity index (χ3n) is 4.90. The largest absolute Gasteiger partial charge is 0.481 e. The summed E-state index contributed by atoms with van der Waals surface area (Å²) < 4.78 is 1.58. The van der Waals surface area contributed by atoms with Gasteiger partial charge in [-0.2, -0.15) is 0 Å². The van der Waals surface area contributed by atoms with E-state index >= 15 is 0 Å². The molecule has 1 aliphatic rings. The normalized spacial score (nSPS) is 20.5. The van der Waals surface area contributed by atoms with Crippen LogP contribution in [0.2, 0.25) is 0 Å². The summed E-state index contributed by atoms with van der Waals surface area (Å²) in [6, 6.07) is 7.10. The van der Waals surface area contributed by atoms with Gasteiger partial charge in [0.15, 0.2) is 0 Å². The van der Waals surface area contributed by atoms with Crippen molar-refractivity contribution in [1.29, 1.82) is 0 Å². The molecule has 1 aliphatic heterocycles. The quantitative estimate of drug-likeness (QED) is 0.925. The van der Waals surface area contributed by atoms with Gasteiger partial charge in [-0.15, -0.1) is 5.10 Å². The second-order valence-corrected chi connectivity index (χ2v) is 6.49. The number of benzene rings is 1. The minimum Gasteiger partial charge on any atom is -0.481 e. The van der Waals surface area contributed by atoms with Crippen LogP contribution < -0.4 is 0 Å². The van der Waals surface area contributed by atoms with E-state index in [1.807, 2.05) is 19.9 Å². The Hall–Kier alpha value is -2.70. The Morgan fingerprint density at radius 3 is 2.71 bits per heavy atom. The van der Waals surface area contributed by atoms with Crippen LogP contribution in [0.15, 0.2) is 36.7 Å². The number of likely N-dealkylation sites (tertiary alicyclic amines) is 1. The van der Waals surface area contributed by atoms with E-state index in [2.05, 4.69) is 10.3 Å². The molecule has 1 aromatic carbocycles. The van der Waals surface area contributed by atoms with Crippen molar-refractivity contribution < 1.29 is 14.7 Å². The van der Waals surface area contributed by atoms with Crippen LogP contribution in [-0.2, 0) is 4.79 Å². The van der Waals surface area contributed by atoms with Crippen LogP contribution in [0.3, 0.4) is 0 Å². The lowest BCUT2D eigenvalue weighted by Gasteiger charge is -2.28. The van der Waals surface area contributed by atoms with Gasteiger partial charge in [0.1, 0.15) is 0 Å². The highest BCUT2D eigenvalue weighted by Crippen LogP contribution is 2.38. The van der Waals surface area contributed by atoms with Gasteiger partial charge in [-0.05, 0) is 30.5 Å². The highest BCUT2D eigenvalue weighted by molar-refractivity contribution is 5.95. The SMILES string of the molecule is CC(C)C1(C(=O)O)CCN(C(=O)c2cccc(-n3ccnn3)c2)C1. The first-order chi connectivity index (χ1) is 11.4. The number of rotatable bonds is 4.